The molecule has 1 atom stereocenters. The van der Waals surface area contributed by atoms with Crippen LogP contribution >= 0.6 is 11.6 Å². The highest BCUT2D eigenvalue weighted by molar-refractivity contribution is 6.32. The minimum atomic E-state index is -0.508. The number of nitrogens with one attached hydrogen (secondary N) is 1. The van der Waals surface area contributed by atoms with Gasteiger partial charge in [-0.15, -0.1) is 0 Å². The van der Waals surface area contributed by atoms with Crippen LogP contribution in [0.3, 0.4) is 0 Å². The van der Waals surface area contributed by atoms with Gasteiger partial charge in [0.05, 0.1) is 10.5 Å². The molecular weight excluding hydrogens is 330 g/mol. The van der Waals surface area contributed by atoms with Crippen molar-refractivity contribution in [1.82, 2.24) is 4.90 Å². The molecule has 1 N–H and O–H groups in total. The third kappa shape index (κ3) is 2.39. The van der Waals surface area contributed by atoms with Crippen molar-refractivity contribution >= 4 is 28.9 Å². The lowest BCUT2D eigenvalue weighted by Crippen LogP contribution is -2.44. The normalized spacial score (nSPS) is 19.6. The first-order valence-corrected chi connectivity index (χ1v) is 8.06. The Labute approximate surface area is 143 Å². The van der Waals surface area contributed by atoms with Crippen LogP contribution in [-0.2, 0) is 0 Å². The molecule has 1 aliphatic carbocycles. The van der Waals surface area contributed by atoms with Crippen LogP contribution < -0.4 is 5.32 Å². The molecule has 2 aromatic carbocycles. The first-order valence-electron chi connectivity index (χ1n) is 7.68. The predicted molar refractivity (Wildman–Crippen MR) is 90.1 cm³/mol. The monoisotopic (exact) mass is 343 g/mol. The number of fused-ring (bicyclic) bond motifs is 1. The molecular formula is C17H14ClN3O3. The van der Waals surface area contributed by atoms with Crippen molar-refractivity contribution in [1.29, 1.82) is 0 Å². The van der Waals surface area contributed by atoms with Crippen LogP contribution in [0.1, 0.15) is 34.9 Å². The fourth-order valence-corrected chi connectivity index (χ4v) is 3.27. The Morgan fingerprint density at radius 1 is 1.21 bits per heavy atom. The lowest BCUT2D eigenvalue weighted by atomic mass is 10.0. The molecule has 1 aliphatic heterocycles. The topological polar surface area (TPSA) is 75.5 Å². The van der Waals surface area contributed by atoms with Crippen LogP contribution in [0.2, 0.25) is 5.02 Å². The van der Waals surface area contributed by atoms with E-state index in [-0.39, 0.29) is 22.7 Å². The number of rotatable bonds is 3. The number of benzene rings is 2. The van der Waals surface area contributed by atoms with Crippen molar-refractivity contribution in [2.45, 2.75) is 25.0 Å². The van der Waals surface area contributed by atoms with Crippen molar-refractivity contribution in [2.75, 3.05) is 5.32 Å². The standard InChI is InChI=1S/C17H14ClN3O3/c18-13-8-5-10(9-15(13)21(23)24)16-19-14-4-2-1-3-12(14)17(22)20(16)11-6-7-11/h1-5,8-9,11,16,19H,6-7H2/t16-/m0/s1. The van der Waals surface area contributed by atoms with Gasteiger partial charge in [0.1, 0.15) is 11.2 Å². The average molecular weight is 344 g/mol. The van der Waals surface area contributed by atoms with Crippen LogP contribution in [-0.4, -0.2) is 21.8 Å². The van der Waals surface area contributed by atoms with Crippen LogP contribution in [0, 0.1) is 10.1 Å². The number of anilines is 1. The molecule has 4 rings (SSSR count). The number of nitrogens with zero attached hydrogens (tertiary/aromatic N) is 2. The molecule has 1 amide bonds. The Morgan fingerprint density at radius 3 is 2.67 bits per heavy atom. The highest BCUT2D eigenvalue weighted by atomic mass is 35.5. The second-order valence-electron chi connectivity index (χ2n) is 6.00. The van der Waals surface area contributed by atoms with Crippen LogP contribution in [0.15, 0.2) is 42.5 Å². The largest absolute Gasteiger partial charge is 0.361 e. The molecule has 122 valence electrons. The molecule has 0 aromatic heterocycles. The number of carbonyl (C=O) groups excluding carboxylic acids is 1. The zero-order chi connectivity index (χ0) is 16.8. The van der Waals surface area contributed by atoms with Crippen molar-refractivity contribution < 1.29 is 9.72 Å². The van der Waals surface area contributed by atoms with Gasteiger partial charge in [-0.3, -0.25) is 14.9 Å². The number of carbonyl (C=O) groups is 1. The number of hydrogen-bond donors (Lipinski definition) is 1. The SMILES string of the molecule is O=C1c2ccccc2N[C@H](c2ccc(Cl)c([N+](=O)[O-])c2)N1C1CC1. The first kappa shape index (κ1) is 15.0. The molecule has 0 saturated heterocycles. The molecule has 7 heteroatoms. The summed E-state index contributed by atoms with van der Waals surface area (Å²) in [6, 6.07) is 12.2. The fourth-order valence-electron chi connectivity index (χ4n) is 3.08. The van der Waals surface area contributed by atoms with E-state index in [1.807, 2.05) is 18.2 Å². The Kier molecular flexibility index (Phi) is 3.42. The quantitative estimate of drug-likeness (QED) is 0.675. The van der Waals surface area contributed by atoms with Crippen molar-refractivity contribution in [3.63, 3.8) is 0 Å². The van der Waals surface area contributed by atoms with Crippen molar-refractivity contribution in [3.05, 3.63) is 68.7 Å². The molecule has 0 spiro atoms. The average Bonchev–Trinajstić information content (AvgIpc) is 3.39. The molecule has 2 aromatic rings. The van der Waals surface area contributed by atoms with Gasteiger partial charge in [-0.05, 0) is 31.0 Å². The predicted octanol–water partition coefficient (Wildman–Crippen LogP) is 3.98. The molecule has 0 unspecified atom stereocenters. The summed E-state index contributed by atoms with van der Waals surface area (Å²) in [7, 11) is 0. The van der Waals surface area contributed by atoms with Crippen molar-refractivity contribution in [3.8, 4) is 0 Å². The third-order valence-corrected chi connectivity index (χ3v) is 4.70. The molecule has 0 bridgehead atoms. The van der Waals surface area contributed by atoms with E-state index in [0.29, 0.717) is 11.1 Å². The minimum absolute atomic E-state index is 0.0468. The minimum Gasteiger partial charge on any atom is -0.361 e. The smallest absolute Gasteiger partial charge is 0.288 e. The molecule has 2 aliphatic rings. The lowest BCUT2D eigenvalue weighted by molar-refractivity contribution is -0.384. The zero-order valence-electron chi connectivity index (χ0n) is 12.6. The Bertz CT molecular complexity index is 851. The van der Waals surface area contributed by atoms with E-state index < -0.39 is 11.1 Å². The number of para-hydroxylation sites is 1. The van der Waals surface area contributed by atoms with Gasteiger partial charge in [0.2, 0.25) is 0 Å². The number of hydrogen-bond acceptors (Lipinski definition) is 4. The summed E-state index contributed by atoms with van der Waals surface area (Å²) in [4.78, 5) is 25.3. The number of nitro groups is 1. The molecule has 1 fully saturated rings. The second-order valence-corrected chi connectivity index (χ2v) is 6.41. The molecule has 1 saturated carbocycles. The first-order chi connectivity index (χ1) is 11.6. The fraction of sp³-hybridized carbons (Fsp3) is 0.235. The Balaban J connectivity index is 1.80. The molecule has 1 heterocycles. The summed E-state index contributed by atoms with van der Waals surface area (Å²) in [5, 5.41) is 14.6. The van der Waals surface area contributed by atoms with E-state index in [4.69, 9.17) is 11.6 Å². The van der Waals surface area contributed by atoms with Crippen LogP contribution in [0.25, 0.3) is 0 Å². The van der Waals surface area contributed by atoms with Crippen molar-refractivity contribution in [2.24, 2.45) is 0 Å². The maximum Gasteiger partial charge on any atom is 0.288 e. The zero-order valence-corrected chi connectivity index (χ0v) is 13.4. The maximum atomic E-state index is 12.9. The van der Waals surface area contributed by atoms with E-state index in [0.717, 1.165) is 18.5 Å². The van der Waals surface area contributed by atoms with E-state index in [1.165, 1.54) is 12.1 Å². The summed E-state index contributed by atoms with van der Waals surface area (Å²) < 4.78 is 0. The molecule has 0 radical (unpaired) electrons. The number of halogens is 1. The summed E-state index contributed by atoms with van der Waals surface area (Å²) in [6.45, 7) is 0. The van der Waals surface area contributed by atoms with Crippen LogP contribution in [0.4, 0.5) is 11.4 Å². The number of amides is 1. The number of nitro benzene ring substituents is 1. The van der Waals surface area contributed by atoms with E-state index in [2.05, 4.69) is 5.32 Å². The van der Waals surface area contributed by atoms with Gasteiger partial charge in [-0.2, -0.15) is 0 Å². The van der Waals surface area contributed by atoms with Gasteiger partial charge < -0.3 is 10.2 Å². The highest BCUT2D eigenvalue weighted by Gasteiger charge is 2.42. The summed E-state index contributed by atoms with van der Waals surface area (Å²) in [5.41, 5.74) is 1.87. The maximum absolute atomic E-state index is 12.9. The second kappa shape index (κ2) is 5.49. The molecule has 24 heavy (non-hydrogen) atoms. The van der Waals surface area contributed by atoms with Gasteiger partial charge >= 0.3 is 0 Å². The van der Waals surface area contributed by atoms with E-state index >= 15 is 0 Å². The summed E-state index contributed by atoms with van der Waals surface area (Å²) in [5.74, 6) is -0.0468. The summed E-state index contributed by atoms with van der Waals surface area (Å²) >= 11 is 5.91. The van der Waals surface area contributed by atoms with Gasteiger partial charge in [-0.1, -0.05) is 29.8 Å². The van der Waals surface area contributed by atoms with E-state index in [9.17, 15) is 14.9 Å². The third-order valence-electron chi connectivity index (χ3n) is 4.39. The lowest BCUT2D eigenvalue weighted by Gasteiger charge is -2.38. The van der Waals surface area contributed by atoms with Gasteiger partial charge in [0.25, 0.3) is 11.6 Å². The van der Waals surface area contributed by atoms with Gasteiger partial charge in [-0.25, -0.2) is 0 Å². The Hall–Kier alpha value is -2.60. The van der Waals surface area contributed by atoms with Gasteiger partial charge in [0, 0.05) is 23.4 Å². The van der Waals surface area contributed by atoms with E-state index in [1.54, 1.807) is 17.0 Å². The highest BCUT2D eigenvalue weighted by Crippen LogP contribution is 2.41. The summed E-state index contributed by atoms with van der Waals surface area (Å²) in [6.07, 6.45) is 1.46. The van der Waals surface area contributed by atoms with Crippen LogP contribution in [0.5, 0.6) is 0 Å². The Morgan fingerprint density at radius 2 is 1.96 bits per heavy atom. The molecule has 6 nitrogen and oxygen atoms in total. The van der Waals surface area contributed by atoms with Gasteiger partial charge in [0.15, 0.2) is 0 Å².